The van der Waals surface area contributed by atoms with Crippen molar-refractivity contribution in [1.29, 1.82) is 0 Å². The molecule has 0 rings (SSSR count). The van der Waals surface area contributed by atoms with Gasteiger partial charge in [-0.1, -0.05) is 311 Å². The number of phosphoric ester groups is 2. The van der Waals surface area contributed by atoms with Gasteiger partial charge in [0, 0.05) is 25.7 Å². The molecule has 17 nitrogen and oxygen atoms in total. The first-order valence-corrected chi connectivity index (χ1v) is 39.6. The normalized spacial score (nSPS) is 14.1. The van der Waals surface area contributed by atoms with E-state index in [0.29, 0.717) is 25.7 Å². The Balaban J connectivity index is 5.21. The van der Waals surface area contributed by atoms with E-state index in [1.165, 1.54) is 173 Å². The minimum atomic E-state index is -4.95. The Kier molecular flexibility index (Phi) is 62.1. The topological polar surface area (TPSA) is 237 Å². The Hall–Kier alpha value is -1.94. The molecule has 0 amide bonds. The summed E-state index contributed by atoms with van der Waals surface area (Å²) in [7, 11) is -9.89. The number of aliphatic hydroxyl groups excluding tert-OH is 1. The van der Waals surface area contributed by atoms with Crippen molar-refractivity contribution >= 4 is 39.5 Å². The van der Waals surface area contributed by atoms with Gasteiger partial charge in [-0.3, -0.25) is 37.3 Å². The lowest BCUT2D eigenvalue weighted by Gasteiger charge is -2.21. The van der Waals surface area contributed by atoms with Crippen LogP contribution in [0.15, 0.2) is 0 Å². The highest BCUT2D eigenvalue weighted by Gasteiger charge is 2.30. The van der Waals surface area contributed by atoms with Crippen LogP contribution >= 0.6 is 15.6 Å². The molecule has 89 heavy (non-hydrogen) atoms. The molecule has 0 radical (unpaired) electrons. The Morgan fingerprint density at radius 2 is 0.517 bits per heavy atom. The molecule has 0 spiro atoms. The van der Waals surface area contributed by atoms with Crippen molar-refractivity contribution in [3.8, 4) is 0 Å². The molecule has 2 unspecified atom stereocenters. The zero-order valence-corrected chi connectivity index (χ0v) is 59.4. The summed E-state index contributed by atoms with van der Waals surface area (Å²) in [6.07, 6.45) is 49.9. The molecule has 0 saturated heterocycles. The molecule has 19 heteroatoms. The van der Waals surface area contributed by atoms with Crippen LogP contribution in [0.25, 0.3) is 0 Å². The standard InChI is InChI=1S/C70H136O17P2/c1-6-9-12-15-18-20-22-24-25-27-31-36-41-46-51-56-70(75)87-66(60-81-68(73)54-49-44-39-34-32-28-29-33-38-42-47-52-63(4)5)62-85-89(78,79)83-58-64(71)57-82-88(76,77)84-61-65(59-80-67(72)53-48-43-37-17-14-11-8-3)86-69(74)55-50-45-40-35-30-26-23-21-19-16-13-10-7-2/h63-66,71H,6-62H2,1-5H3,(H,76,77)(H,78,79)/t64-,65+,66+/m0/s1. The van der Waals surface area contributed by atoms with Gasteiger partial charge in [0.05, 0.1) is 26.4 Å². The van der Waals surface area contributed by atoms with Crippen molar-refractivity contribution in [1.82, 2.24) is 0 Å². The predicted octanol–water partition coefficient (Wildman–Crippen LogP) is 20.1. The van der Waals surface area contributed by atoms with E-state index in [4.69, 9.17) is 37.0 Å². The molecule has 0 heterocycles. The molecule has 0 saturated carbocycles. The zero-order valence-electron chi connectivity index (χ0n) is 57.6. The fraction of sp³-hybridized carbons (Fsp3) is 0.943. The number of esters is 4. The van der Waals surface area contributed by atoms with Crippen LogP contribution in [0.4, 0.5) is 0 Å². The van der Waals surface area contributed by atoms with Crippen molar-refractivity contribution in [3.05, 3.63) is 0 Å². The Morgan fingerprint density at radius 1 is 0.303 bits per heavy atom. The van der Waals surface area contributed by atoms with Gasteiger partial charge in [-0.2, -0.15) is 0 Å². The molecule has 5 atom stereocenters. The zero-order chi connectivity index (χ0) is 65.6. The van der Waals surface area contributed by atoms with E-state index in [-0.39, 0.29) is 25.7 Å². The Morgan fingerprint density at radius 3 is 0.764 bits per heavy atom. The van der Waals surface area contributed by atoms with Gasteiger partial charge in [-0.05, 0) is 31.6 Å². The number of hydrogen-bond donors (Lipinski definition) is 3. The number of rotatable bonds is 70. The minimum absolute atomic E-state index is 0.107. The predicted molar refractivity (Wildman–Crippen MR) is 358 cm³/mol. The second kappa shape index (κ2) is 63.5. The van der Waals surface area contributed by atoms with Gasteiger partial charge in [-0.25, -0.2) is 9.13 Å². The quantitative estimate of drug-likeness (QED) is 0.0222. The lowest BCUT2D eigenvalue weighted by Crippen LogP contribution is -2.30. The third kappa shape index (κ3) is 64.6. The molecular weight excluding hydrogens is 1170 g/mol. The van der Waals surface area contributed by atoms with Gasteiger partial charge >= 0.3 is 39.5 Å². The molecule has 0 aromatic carbocycles. The first-order chi connectivity index (χ1) is 43.0. The number of carbonyl (C=O) groups is 4. The van der Waals surface area contributed by atoms with E-state index in [0.717, 1.165) is 109 Å². The molecular formula is C70H136O17P2. The van der Waals surface area contributed by atoms with Crippen LogP contribution < -0.4 is 0 Å². The van der Waals surface area contributed by atoms with E-state index in [2.05, 4.69) is 34.6 Å². The fourth-order valence-electron chi connectivity index (χ4n) is 10.6. The average molecular weight is 1310 g/mol. The van der Waals surface area contributed by atoms with Crippen LogP contribution in [-0.4, -0.2) is 96.7 Å². The Labute approximate surface area is 543 Å². The summed E-state index contributed by atoms with van der Waals surface area (Å²) in [5.74, 6) is -1.35. The number of unbranched alkanes of at least 4 members (excludes halogenated alkanes) is 42. The van der Waals surface area contributed by atoms with Gasteiger partial charge in [0.2, 0.25) is 0 Å². The van der Waals surface area contributed by atoms with E-state index >= 15 is 0 Å². The van der Waals surface area contributed by atoms with E-state index in [9.17, 15) is 43.2 Å². The SMILES string of the molecule is CCCCCCCCCCCCCCCCCC(=O)O[C@H](COC(=O)CCCCCCCCCCCCCC(C)C)COP(=O)(O)OC[C@@H](O)COP(=O)(O)OC[C@@H](COC(=O)CCCCCCCCC)OC(=O)CCCCCCCCCCCCCCC. The van der Waals surface area contributed by atoms with Crippen molar-refractivity contribution < 1.29 is 80.2 Å². The van der Waals surface area contributed by atoms with Crippen LogP contribution in [0.2, 0.25) is 0 Å². The second-order valence-electron chi connectivity index (χ2n) is 25.7. The van der Waals surface area contributed by atoms with Crippen LogP contribution in [0.3, 0.4) is 0 Å². The Bertz CT molecular complexity index is 1720. The van der Waals surface area contributed by atoms with Crippen LogP contribution in [0.5, 0.6) is 0 Å². The second-order valence-corrected chi connectivity index (χ2v) is 28.7. The third-order valence-electron chi connectivity index (χ3n) is 16.3. The summed E-state index contributed by atoms with van der Waals surface area (Å²) in [5.41, 5.74) is 0. The minimum Gasteiger partial charge on any atom is -0.462 e. The number of aliphatic hydroxyl groups is 1. The summed E-state index contributed by atoms with van der Waals surface area (Å²) in [5, 5.41) is 10.6. The van der Waals surface area contributed by atoms with Crippen molar-refractivity contribution in [3.63, 3.8) is 0 Å². The average Bonchev–Trinajstić information content (AvgIpc) is 3.53. The smallest absolute Gasteiger partial charge is 0.462 e. The largest absolute Gasteiger partial charge is 0.472 e. The first kappa shape index (κ1) is 87.1. The highest BCUT2D eigenvalue weighted by molar-refractivity contribution is 7.47. The van der Waals surface area contributed by atoms with E-state index < -0.39 is 97.5 Å². The number of phosphoric acid groups is 2. The van der Waals surface area contributed by atoms with Crippen molar-refractivity contribution in [2.24, 2.45) is 5.92 Å². The maximum atomic E-state index is 13.0. The highest BCUT2D eigenvalue weighted by Crippen LogP contribution is 2.45. The lowest BCUT2D eigenvalue weighted by molar-refractivity contribution is -0.161. The molecule has 0 aliphatic rings. The van der Waals surface area contributed by atoms with Gasteiger partial charge in [0.15, 0.2) is 12.2 Å². The molecule has 0 aliphatic carbocycles. The van der Waals surface area contributed by atoms with Crippen LogP contribution in [0, 0.1) is 5.92 Å². The summed E-state index contributed by atoms with van der Waals surface area (Å²) >= 11 is 0. The summed E-state index contributed by atoms with van der Waals surface area (Å²) in [6.45, 7) is 7.22. The molecule has 0 aromatic rings. The van der Waals surface area contributed by atoms with E-state index in [1.807, 2.05) is 0 Å². The molecule has 0 aliphatic heterocycles. The molecule has 0 fully saturated rings. The first-order valence-electron chi connectivity index (χ1n) is 36.6. The van der Waals surface area contributed by atoms with Gasteiger partial charge in [0.25, 0.3) is 0 Å². The van der Waals surface area contributed by atoms with Crippen molar-refractivity contribution in [2.45, 2.75) is 380 Å². The lowest BCUT2D eigenvalue weighted by atomic mass is 10.0. The molecule has 0 bridgehead atoms. The van der Waals surface area contributed by atoms with E-state index in [1.54, 1.807) is 0 Å². The number of hydrogen-bond acceptors (Lipinski definition) is 15. The molecule has 3 N–H and O–H groups in total. The summed E-state index contributed by atoms with van der Waals surface area (Å²) in [4.78, 5) is 72.4. The van der Waals surface area contributed by atoms with Crippen LogP contribution in [0.1, 0.15) is 362 Å². The maximum Gasteiger partial charge on any atom is 0.472 e. The monoisotopic (exact) mass is 1310 g/mol. The summed E-state index contributed by atoms with van der Waals surface area (Å²) < 4.78 is 68.2. The molecule has 0 aromatic heterocycles. The van der Waals surface area contributed by atoms with Gasteiger partial charge in [0.1, 0.15) is 19.3 Å². The highest BCUT2D eigenvalue weighted by atomic mass is 31.2. The maximum absolute atomic E-state index is 13.0. The third-order valence-corrected chi connectivity index (χ3v) is 18.2. The number of carbonyl (C=O) groups excluding carboxylic acids is 4. The molecule has 528 valence electrons. The van der Waals surface area contributed by atoms with Gasteiger partial charge < -0.3 is 33.8 Å². The fourth-order valence-corrected chi connectivity index (χ4v) is 12.2. The summed E-state index contributed by atoms with van der Waals surface area (Å²) in [6, 6.07) is 0. The van der Waals surface area contributed by atoms with Crippen molar-refractivity contribution in [2.75, 3.05) is 39.6 Å². The van der Waals surface area contributed by atoms with Crippen LogP contribution in [-0.2, 0) is 65.4 Å². The number of ether oxygens (including phenoxy) is 4. The van der Waals surface area contributed by atoms with Gasteiger partial charge in [-0.15, -0.1) is 0 Å².